The quantitative estimate of drug-likeness (QED) is 0.594. The molecular formula is C25H34N4O2. The molecule has 6 heteroatoms. The lowest BCUT2D eigenvalue weighted by molar-refractivity contribution is 0.0359. The van der Waals surface area contributed by atoms with Crippen molar-refractivity contribution in [3.05, 3.63) is 64.3 Å². The first-order valence-electron chi connectivity index (χ1n) is 11.3. The van der Waals surface area contributed by atoms with E-state index in [4.69, 9.17) is 4.74 Å². The molecule has 1 saturated heterocycles. The number of aryl methyl sites for hydroxylation is 2. The number of ether oxygens (including phenoxy) is 1. The molecule has 1 N–H and O–H groups in total. The molecule has 1 aromatic carbocycles. The van der Waals surface area contributed by atoms with Gasteiger partial charge >= 0.3 is 5.69 Å². The van der Waals surface area contributed by atoms with E-state index in [-0.39, 0.29) is 16.6 Å². The number of hydrogen-bond donors (Lipinski definition) is 1. The van der Waals surface area contributed by atoms with Crippen LogP contribution in [-0.4, -0.2) is 45.7 Å². The zero-order valence-electron chi connectivity index (χ0n) is 19.1. The first kappa shape index (κ1) is 21.8. The smallest absolute Gasteiger partial charge is 0.326 e. The van der Waals surface area contributed by atoms with E-state index in [9.17, 15) is 4.79 Å². The van der Waals surface area contributed by atoms with Crippen molar-refractivity contribution in [2.75, 3.05) is 26.3 Å². The van der Waals surface area contributed by atoms with Crippen LogP contribution in [0, 0.1) is 12.3 Å². The lowest BCUT2D eigenvalue weighted by atomic mass is 9.84. The van der Waals surface area contributed by atoms with Crippen LogP contribution in [0.2, 0.25) is 0 Å². The fourth-order valence-electron chi connectivity index (χ4n) is 4.81. The molecular weight excluding hydrogens is 388 g/mol. The number of nitrogens with zero attached hydrogens (tertiary/aromatic N) is 3. The number of fused-ring (bicyclic) bond motifs is 1. The van der Waals surface area contributed by atoms with E-state index >= 15 is 0 Å². The summed E-state index contributed by atoms with van der Waals surface area (Å²) in [5.74, 6) is 0. The Hall–Kier alpha value is -2.44. The largest absolute Gasteiger partial charge is 0.381 e. The van der Waals surface area contributed by atoms with Crippen molar-refractivity contribution in [3.8, 4) is 0 Å². The van der Waals surface area contributed by atoms with Crippen molar-refractivity contribution in [1.82, 2.24) is 19.4 Å². The molecule has 3 heterocycles. The Morgan fingerprint density at radius 2 is 2.03 bits per heavy atom. The number of hydrogen-bond acceptors (Lipinski definition) is 4. The van der Waals surface area contributed by atoms with E-state index in [1.807, 2.05) is 48.9 Å². The van der Waals surface area contributed by atoms with Gasteiger partial charge in [-0.25, -0.2) is 4.79 Å². The van der Waals surface area contributed by atoms with Gasteiger partial charge in [0, 0.05) is 42.5 Å². The predicted octanol–water partition coefficient (Wildman–Crippen LogP) is 4.09. The molecule has 1 aliphatic rings. The van der Waals surface area contributed by atoms with Crippen LogP contribution < -0.4 is 5.69 Å². The average Bonchev–Trinajstić information content (AvgIpc) is 3.33. The highest BCUT2D eigenvalue weighted by Gasteiger charge is 2.43. The van der Waals surface area contributed by atoms with Gasteiger partial charge in [0.15, 0.2) is 0 Å². The average molecular weight is 423 g/mol. The maximum absolute atomic E-state index is 12.6. The maximum atomic E-state index is 12.6. The Kier molecular flexibility index (Phi) is 6.04. The molecule has 0 aliphatic carbocycles. The lowest BCUT2D eigenvalue weighted by Gasteiger charge is -2.38. The Labute approximate surface area is 184 Å². The SMILES string of the molecule is CCOCC1(CCn2c(=O)[nH]c3ccccc32)CCN(C(C)(C)c2ccc(C)nc2)C1. The second kappa shape index (κ2) is 8.60. The van der Waals surface area contributed by atoms with E-state index in [0.717, 1.165) is 49.3 Å². The van der Waals surface area contributed by atoms with Gasteiger partial charge in [-0.2, -0.15) is 0 Å². The zero-order chi connectivity index (χ0) is 22.1. The number of likely N-dealkylation sites (tertiary alicyclic amines) is 1. The molecule has 6 nitrogen and oxygen atoms in total. The summed E-state index contributed by atoms with van der Waals surface area (Å²) in [5.41, 5.74) is 4.03. The van der Waals surface area contributed by atoms with Gasteiger partial charge in [-0.1, -0.05) is 18.2 Å². The number of aromatic nitrogens is 3. The normalized spacial score (nSPS) is 20.0. The van der Waals surface area contributed by atoms with Gasteiger partial charge in [-0.3, -0.25) is 14.5 Å². The standard InChI is InChI=1S/C25H34N4O2/c1-5-31-18-25(13-15-29-22-9-7-6-8-21(22)27-23(29)30)12-14-28(17-25)24(3,4)20-11-10-19(2)26-16-20/h6-11,16H,5,12-15,17-18H2,1-4H3,(H,27,30). The van der Waals surface area contributed by atoms with Crippen LogP contribution in [0.15, 0.2) is 47.4 Å². The summed E-state index contributed by atoms with van der Waals surface area (Å²) in [7, 11) is 0. The van der Waals surface area contributed by atoms with Crippen molar-refractivity contribution < 1.29 is 4.74 Å². The topological polar surface area (TPSA) is 63.1 Å². The molecule has 0 spiro atoms. The van der Waals surface area contributed by atoms with E-state index < -0.39 is 0 Å². The summed E-state index contributed by atoms with van der Waals surface area (Å²) in [6.45, 7) is 12.7. The lowest BCUT2D eigenvalue weighted by Crippen LogP contribution is -2.42. The first-order valence-corrected chi connectivity index (χ1v) is 11.3. The van der Waals surface area contributed by atoms with Crippen LogP contribution in [0.25, 0.3) is 11.0 Å². The third-order valence-electron chi connectivity index (χ3n) is 7.01. The number of benzene rings is 1. The van der Waals surface area contributed by atoms with Crippen molar-refractivity contribution in [2.24, 2.45) is 5.41 Å². The van der Waals surface area contributed by atoms with Gasteiger partial charge < -0.3 is 9.72 Å². The van der Waals surface area contributed by atoms with Crippen LogP contribution in [0.3, 0.4) is 0 Å². The molecule has 3 aromatic rings. The van der Waals surface area contributed by atoms with Gasteiger partial charge in [0.2, 0.25) is 0 Å². The Bertz CT molecular complexity index is 1080. The number of aromatic amines is 1. The highest BCUT2D eigenvalue weighted by atomic mass is 16.5. The molecule has 0 amide bonds. The number of rotatable bonds is 8. The number of H-pyrrole nitrogens is 1. The van der Waals surface area contributed by atoms with Gasteiger partial charge in [-0.15, -0.1) is 0 Å². The number of para-hydroxylation sites is 2. The zero-order valence-corrected chi connectivity index (χ0v) is 19.1. The molecule has 0 bridgehead atoms. The molecule has 2 aromatic heterocycles. The number of imidazole rings is 1. The predicted molar refractivity (Wildman–Crippen MR) is 124 cm³/mol. The maximum Gasteiger partial charge on any atom is 0.326 e. The van der Waals surface area contributed by atoms with Crippen LogP contribution in [0.1, 0.15) is 44.9 Å². The van der Waals surface area contributed by atoms with Crippen LogP contribution in [0.4, 0.5) is 0 Å². The Morgan fingerprint density at radius 3 is 2.77 bits per heavy atom. The second-order valence-electron chi connectivity index (χ2n) is 9.40. The summed E-state index contributed by atoms with van der Waals surface area (Å²) in [6.07, 6.45) is 3.98. The van der Waals surface area contributed by atoms with Crippen molar-refractivity contribution in [3.63, 3.8) is 0 Å². The van der Waals surface area contributed by atoms with Crippen molar-refractivity contribution in [2.45, 2.75) is 52.6 Å². The second-order valence-corrected chi connectivity index (χ2v) is 9.40. The minimum atomic E-state index is -0.105. The molecule has 166 valence electrons. The summed E-state index contributed by atoms with van der Waals surface area (Å²) in [6, 6.07) is 12.2. The fraction of sp³-hybridized carbons (Fsp3) is 0.520. The minimum absolute atomic E-state index is 0.0310. The molecule has 1 unspecified atom stereocenters. The molecule has 1 atom stereocenters. The number of pyridine rings is 1. The molecule has 1 aliphatic heterocycles. The molecule has 0 saturated carbocycles. The summed E-state index contributed by atoms with van der Waals surface area (Å²) in [4.78, 5) is 22.6. The van der Waals surface area contributed by atoms with E-state index in [1.165, 1.54) is 5.56 Å². The van der Waals surface area contributed by atoms with E-state index in [2.05, 4.69) is 40.8 Å². The van der Waals surface area contributed by atoms with E-state index in [1.54, 1.807) is 0 Å². The first-order chi connectivity index (χ1) is 14.8. The minimum Gasteiger partial charge on any atom is -0.381 e. The highest BCUT2D eigenvalue weighted by molar-refractivity contribution is 5.74. The van der Waals surface area contributed by atoms with Crippen LogP contribution in [-0.2, 0) is 16.8 Å². The van der Waals surface area contributed by atoms with Gasteiger partial charge in [0.05, 0.1) is 17.6 Å². The number of nitrogens with one attached hydrogen (secondary N) is 1. The molecule has 1 fully saturated rings. The summed E-state index contributed by atoms with van der Waals surface area (Å²) < 4.78 is 7.83. The Morgan fingerprint density at radius 1 is 1.23 bits per heavy atom. The van der Waals surface area contributed by atoms with Crippen molar-refractivity contribution in [1.29, 1.82) is 0 Å². The van der Waals surface area contributed by atoms with E-state index in [0.29, 0.717) is 13.2 Å². The van der Waals surface area contributed by atoms with Gasteiger partial charge in [0.25, 0.3) is 0 Å². The fourth-order valence-corrected chi connectivity index (χ4v) is 4.81. The Balaban J connectivity index is 1.55. The summed E-state index contributed by atoms with van der Waals surface area (Å²) in [5, 5.41) is 0. The van der Waals surface area contributed by atoms with Gasteiger partial charge in [-0.05, 0) is 70.8 Å². The van der Waals surface area contributed by atoms with Gasteiger partial charge in [0.1, 0.15) is 0 Å². The van der Waals surface area contributed by atoms with Crippen LogP contribution >= 0.6 is 0 Å². The molecule has 0 radical (unpaired) electrons. The molecule has 31 heavy (non-hydrogen) atoms. The third-order valence-corrected chi connectivity index (χ3v) is 7.01. The molecule has 4 rings (SSSR count). The monoisotopic (exact) mass is 422 g/mol. The van der Waals surface area contributed by atoms with Crippen LogP contribution in [0.5, 0.6) is 0 Å². The highest BCUT2D eigenvalue weighted by Crippen LogP contribution is 2.41. The summed E-state index contributed by atoms with van der Waals surface area (Å²) >= 11 is 0. The third kappa shape index (κ3) is 4.32. The van der Waals surface area contributed by atoms with Crippen molar-refractivity contribution >= 4 is 11.0 Å².